The average Bonchev–Trinajstić information content (AvgIpc) is 1.80. The molecule has 2 heteroatoms. The van der Waals surface area contributed by atoms with Crippen molar-refractivity contribution in [2.45, 2.75) is 0 Å². The molecule has 0 aromatic heterocycles. The van der Waals surface area contributed by atoms with Gasteiger partial charge in [0.15, 0.2) is 0 Å². The summed E-state index contributed by atoms with van der Waals surface area (Å²) in [6.45, 7) is 0. The summed E-state index contributed by atoms with van der Waals surface area (Å²) in [4.78, 5) is 0. The Bertz CT molecular complexity index is 227. The Morgan fingerprint density at radius 3 is 2.75 bits per heavy atom. The first kappa shape index (κ1) is 4.39. The van der Waals surface area contributed by atoms with Gasteiger partial charge in [-0.3, -0.25) is 0 Å². The summed E-state index contributed by atoms with van der Waals surface area (Å²) in [6.07, 6.45) is 0. The quantitative estimate of drug-likeness (QED) is 0.599. The molecule has 0 bridgehead atoms. The molecule has 1 rings (SSSR count). The van der Waals surface area contributed by atoms with Crippen LogP contribution in [0, 0.1) is 0 Å². The number of halogens is 1. The van der Waals surface area contributed by atoms with E-state index < -0.39 is 0 Å². The number of hydrogen-bond donors (Lipinski definition) is 1. The zero-order chi connectivity index (χ0) is 6.85. The molecule has 1 aromatic rings. The van der Waals surface area contributed by atoms with E-state index in [1.54, 1.807) is 12.1 Å². The molecule has 0 aliphatic rings. The lowest BCUT2D eigenvalue weighted by Gasteiger charge is -1.83. The number of nitrogen functional groups attached to an aromatic ring is 1. The highest BCUT2D eigenvalue weighted by atomic mass is 79.9. The van der Waals surface area contributed by atoms with Gasteiger partial charge in [0.05, 0.1) is 2.74 Å². The number of benzene rings is 1. The van der Waals surface area contributed by atoms with Gasteiger partial charge in [0.1, 0.15) is 0 Å². The first-order valence-corrected chi connectivity index (χ1v) is 2.03. The van der Waals surface area contributed by atoms with Crippen LogP contribution in [-0.2, 0) is 0 Å². The minimum Gasteiger partial charge on any atom is -0.399 e. The van der Waals surface area contributed by atoms with Crippen molar-refractivity contribution in [2.75, 3.05) is 5.73 Å². The topological polar surface area (TPSA) is 26.0 Å². The van der Waals surface area contributed by atoms with Gasteiger partial charge in [-0.2, -0.15) is 0 Å². The van der Waals surface area contributed by atoms with Gasteiger partial charge in [0.2, 0.25) is 0 Å². The molecule has 0 amide bonds. The third-order valence-corrected chi connectivity index (χ3v) is 0.681. The van der Waals surface area contributed by atoms with Crippen molar-refractivity contribution >= 4 is 22.7 Å². The lowest BCUT2D eigenvalue weighted by molar-refractivity contribution is 1.69. The molecule has 0 saturated heterocycles. The van der Waals surface area contributed by atoms with Crippen LogP contribution in [0.5, 0.6) is 0 Å². The van der Waals surface area contributed by atoms with Crippen LogP contribution in [0.4, 0.5) is 5.69 Å². The second-order valence-corrected chi connectivity index (χ2v) is 1.24. The van der Waals surface area contributed by atoms with Crippen molar-refractivity contribution in [3.05, 3.63) is 30.3 Å². The van der Waals surface area contributed by atoms with Crippen molar-refractivity contribution in [3.8, 4) is 0 Å². The Balaban J connectivity index is 0.000000810. The summed E-state index contributed by atoms with van der Waals surface area (Å²) < 4.78 is 14.2. The summed E-state index contributed by atoms with van der Waals surface area (Å²) in [6, 6.07) is 5.09. The van der Waals surface area contributed by atoms with Gasteiger partial charge in [0, 0.05) is 5.69 Å². The highest BCUT2D eigenvalue weighted by molar-refractivity contribution is 8.93. The van der Waals surface area contributed by atoms with E-state index in [1.165, 1.54) is 6.07 Å². The molecular weight excluding hydrogens is 166 g/mol. The van der Waals surface area contributed by atoms with Gasteiger partial charge in [-0.05, 0) is 12.1 Å². The first-order valence-electron chi connectivity index (χ1n) is 3.03. The van der Waals surface area contributed by atoms with Crippen LogP contribution >= 0.6 is 17.0 Å². The van der Waals surface area contributed by atoms with E-state index in [1.807, 2.05) is 0 Å². The second-order valence-electron chi connectivity index (χ2n) is 1.24. The number of para-hydroxylation sites is 1. The van der Waals surface area contributed by atoms with Crippen LogP contribution in [0.2, 0.25) is 0 Å². The van der Waals surface area contributed by atoms with E-state index in [4.69, 9.17) is 8.48 Å². The summed E-state index contributed by atoms with van der Waals surface area (Å²) in [5, 5.41) is 0. The molecule has 0 saturated carbocycles. The lowest BCUT2D eigenvalue weighted by Crippen LogP contribution is -1.79. The number of anilines is 1. The fraction of sp³-hybridized carbons (Fsp3) is 0. The molecular formula is C6H8BrN. The molecule has 8 heavy (non-hydrogen) atoms. The molecule has 0 atom stereocenters. The summed E-state index contributed by atoms with van der Waals surface area (Å²) in [5.74, 6) is 0. The van der Waals surface area contributed by atoms with Crippen molar-refractivity contribution < 1.29 is 2.74 Å². The molecule has 0 unspecified atom stereocenters. The Kier molecular flexibility index (Phi) is 1.92. The van der Waals surface area contributed by atoms with Crippen LogP contribution in [0.15, 0.2) is 30.3 Å². The Morgan fingerprint density at radius 1 is 1.50 bits per heavy atom. The highest BCUT2D eigenvalue weighted by Gasteiger charge is 1.72. The Morgan fingerprint density at radius 2 is 2.25 bits per heavy atom. The zero-order valence-electron chi connectivity index (χ0n) is 6.22. The van der Waals surface area contributed by atoms with E-state index in [0.717, 1.165) is 0 Å². The summed E-state index contributed by atoms with van der Waals surface area (Å²) in [7, 11) is 0. The monoisotopic (exact) mass is 175 g/mol. The predicted octanol–water partition coefficient (Wildman–Crippen LogP) is 1.85. The Labute approximate surface area is 62.1 Å². The maximum atomic E-state index is 7.12. The molecule has 0 radical (unpaired) electrons. The molecule has 0 aliphatic carbocycles. The van der Waals surface area contributed by atoms with Crippen molar-refractivity contribution in [2.24, 2.45) is 0 Å². The third-order valence-electron chi connectivity index (χ3n) is 0.681. The third kappa shape index (κ3) is 1.98. The first-order chi connectivity index (χ1) is 4.20. The molecule has 0 heterocycles. The van der Waals surface area contributed by atoms with Crippen molar-refractivity contribution in [1.29, 1.82) is 0 Å². The van der Waals surface area contributed by atoms with Crippen LogP contribution in [-0.4, -0.2) is 0 Å². The van der Waals surface area contributed by atoms with Crippen molar-refractivity contribution in [1.82, 2.24) is 0 Å². The minimum absolute atomic E-state index is 0. The fourth-order valence-corrected chi connectivity index (χ4v) is 0.359. The van der Waals surface area contributed by atoms with Gasteiger partial charge in [0.25, 0.3) is 0 Å². The second kappa shape index (κ2) is 3.50. The van der Waals surface area contributed by atoms with Crippen LogP contribution < -0.4 is 5.73 Å². The van der Waals surface area contributed by atoms with Crippen molar-refractivity contribution in [3.63, 3.8) is 0 Å². The van der Waals surface area contributed by atoms with Gasteiger partial charge in [-0.25, -0.2) is 0 Å². The number of hydrogen-bond acceptors (Lipinski definition) is 1. The number of nitrogens with two attached hydrogens (primary N) is 1. The zero-order valence-corrected chi connectivity index (χ0v) is 5.93. The molecule has 0 aliphatic heterocycles. The van der Waals surface area contributed by atoms with Crippen LogP contribution in [0.25, 0.3) is 0 Å². The maximum absolute atomic E-state index is 7.12. The fourth-order valence-electron chi connectivity index (χ4n) is 0.359. The maximum Gasteiger partial charge on any atom is 0.0644 e. The standard InChI is InChI=1S/C6H7N.BrH/c7-6-4-2-1-3-5-6;/h1-5H,7H2;1H/i1D,4D;. The smallest absolute Gasteiger partial charge is 0.0644 e. The Hall–Kier alpha value is -0.500. The molecule has 1 aromatic carbocycles. The van der Waals surface area contributed by atoms with Gasteiger partial charge in [-0.15, -0.1) is 17.0 Å². The van der Waals surface area contributed by atoms with Crippen LogP contribution in [0.1, 0.15) is 2.74 Å². The van der Waals surface area contributed by atoms with E-state index in [2.05, 4.69) is 0 Å². The largest absolute Gasteiger partial charge is 0.399 e. The predicted molar refractivity (Wildman–Crippen MR) is 41.2 cm³/mol. The van der Waals surface area contributed by atoms with E-state index >= 15 is 0 Å². The van der Waals surface area contributed by atoms with Gasteiger partial charge in [-0.1, -0.05) is 18.2 Å². The van der Waals surface area contributed by atoms with Gasteiger partial charge >= 0.3 is 0 Å². The SMILES string of the molecule is Br.[2H]c1ccc(N)c([2H])c1. The van der Waals surface area contributed by atoms with E-state index in [0.29, 0.717) is 11.7 Å². The lowest BCUT2D eigenvalue weighted by atomic mass is 10.3. The van der Waals surface area contributed by atoms with Gasteiger partial charge < -0.3 is 5.73 Å². The molecule has 2 N–H and O–H groups in total. The molecule has 44 valence electrons. The van der Waals surface area contributed by atoms with Crippen LogP contribution in [0.3, 0.4) is 0 Å². The highest BCUT2D eigenvalue weighted by Crippen LogP contribution is 1.95. The number of rotatable bonds is 0. The minimum atomic E-state index is 0. The normalized spacial score (nSPS) is 11.0. The molecule has 1 nitrogen and oxygen atoms in total. The molecule has 0 spiro atoms. The van der Waals surface area contributed by atoms with E-state index in [-0.39, 0.29) is 23.0 Å². The average molecular weight is 176 g/mol. The molecule has 0 fully saturated rings. The van der Waals surface area contributed by atoms with E-state index in [9.17, 15) is 0 Å². The summed E-state index contributed by atoms with van der Waals surface area (Å²) >= 11 is 0. The summed E-state index contributed by atoms with van der Waals surface area (Å²) in [5.41, 5.74) is 5.74.